The van der Waals surface area contributed by atoms with Gasteiger partial charge in [-0.2, -0.15) is 0 Å². The van der Waals surface area contributed by atoms with E-state index in [2.05, 4.69) is 15.0 Å². The summed E-state index contributed by atoms with van der Waals surface area (Å²) in [5.74, 6) is -0.972. The number of aromatic amines is 1. The molecule has 1 amide bonds. The van der Waals surface area contributed by atoms with Crippen molar-refractivity contribution >= 4 is 11.7 Å². The van der Waals surface area contributed by atoms with Crippen molar-refractivity contribution in [3.05, 3.63) is 29.6 Å². The molecule has 7 heteroatoms. The summed E-state index contributed by atoms with van der Waals surface area (Å²) in [7, 11) is 0. The highest BCUT2D eigenvalue weighted by atomic mass is 16.3. The fourth-order valence-electron chi connectivity index (χ4n) is 1.59. The molecule has 2 rings (SSSR count). The minimum atomic E-state index is -0.772. The van der Waals surface area contributed by atoms with Crippen LogP contribution in [0, 0.1) is 0 Å². The van der Waals surface area contributed by atoms with Gasteiger partial charge in [0.2, 0.25) is 0 Å². The molecule has 1 aromatic heterocycles. The van der Waals surface area contributed by atoms with E-state index in [1.54, 1.807) is 6.20 Å². The SMILES string of the molecule is NC(=O)C1=C(O)C(Cc2cnc[nH]2)N=C1N. The average molecular weight is 221 g/mol. The highest BCUT2D eigenvalue weighted by Gasteiger charge is 2.30. The maximum absolute atomic E-state index is 11.0. The Labute approximate surface area is 90.9 Å². The van der Waals surface area contributed by atoms with Crippen LogP contribution in [0.25, 0.3) is 0 Å². The Morgan fingerprint density at radius 3 is 2.88 bits per heavy atom. The Bertz CT molecular complexity index is 474. The zero-order valence-electron chi connectivity index (χ0n) is 8.34. The molecule has 84 valence electrons. The summed E-state index contributed by atoms with van der Waals surface area (Å²) in [5, 5.41) is 9.74. The van der Waals surface area contributed by atoms with Gasteiger partial charge in [-0.15, -0.1) is 0 Å². The van der Waals surface area contributed by atoms with Crippen molar-refractivity contribution in [2.75, 3.05) is 0 Å². The summed E-state index contributed by atoms with van der Waals surface area (Å²) >= 11 is 0. The number of aliphatic imine (C=N–C) groups is 1. The van der Waals surface area contributed by atoms with Crippen molar-refractivity contribution in [1.82, 2.24) is 9.97 Å². The number of aliphatic hydroxyl groups is 1. The first-order valence-corrected chi connectivity index (χ1v) is 4.63. The number of imidazole rings is 1. The van der Waals surface area contributed by atoms with Crippen LogP contribution >= 0.6 is 0 Å². The number of nitrogens with one attached hydrogen (secondary N) is 1. The van der Waals surface area contributed by atoms with Gasteiger partial charge in [-0.25, -0.2) is 4.98 Å². The molecule has 0 spiro atoms. The van der Waals surface area contributed by atoms with Gasteiger partial charge in [-0.05, 0) is 0 Å². The standard InChI is InChI=1S/C9H11N5O2/c10-8-6(9(11)16)7(15)5(14-8)1-4-2-12-3-13-4/h2-3,5,15H,1H2,(H2,10,14)(H2,11,16)(H,12,13). The van der Waals surface area contributed by atoms with E-state index in [4.69, 9.17) is 11.5 Å². The molecule has 0 aromatic carbocycles. The van der Waals surface area contributed by atoms with E-state index in [0.29, 0.717) is 6.42 Å². The van der Waals surface area contributed by atoms with Crippen LogP contribution < -0.4 is 11.5 Å². The maximum Gasteiger partial charge on any atom is 0.255 e. The Balaban J connectivity index is 2.23. The molecule has 0 bridgehead atoms. The highest BCUT2D eigenvalue weighted by Crippen LogP contribution is 2.20. The fourth-order valence-corrected chi connectivity index (χ4v) is 1.59. The summed E-state index contributed by atoms with van der Waals surface area (Å²) in [4.78, 5) is 21.7. The van der Waals surface area contributed by atoms with E-state index < -0.39 is 11.9 Å². The highest BCUT2D eigenvalue weighted by molar-refractivity contribution is 6.21. The number of amides is 1. The molecule has 0 radical (unpaired) electrons. The van der Waals surface area contributed by atoms with Crippen LogP contribution in [0.3, 0.4) is 0 Å². The van der Waals surface area contributed by atoms with Gasteiger partial charge in [-0.1, -0.05) is 0 Å². The van der Waals surface area contributed by atoms with Crippen molar-refractivity contribution in [3.8, 4) is 0 Å². The third-order valence-corrected chi connectivity index (χ3v) is 2.34. The largest absolute Gasteiger partial charge is 0.509 e. The normalized spacial score (nSPS) is 20.0. The van der Waals surface area contributed by atoms with E-state index in [0.717, 1.165) is 5.69 Å². The summed E-state index contributed by atoms with van der Waals surface area (Å²) < 4.78 is 0. The lowest BCUT2D eigenvalue weighted by Crippen LogP contribution is -2.25. The van der Waals surface area contributed by atoms with Crippen LogP contribution in [0.1, 0.15) is 5.69 Å². The second-order valence-corrected chi connectivity index (χ2v) is 3.44. The van der Waals surface area contributed by atoms with Crippen LogP contribution in [0.2, 0.25) is 0 Å². The number of hydrogen-bond donors (Lipinski definition) is 4. The van der Waals surface area contributed by atoms with E-state index in [9.17, 15) is 9.90 Å². The quantitative estimate of drug-likeness (QED) is 0.520. The van der Waals surface area contributed by atoms with Gasteiger partial charge in [-0.3, -0.25) is 9.79 Å². The fraction of sp³-hybridized carbons (Fsp3) is 0.222. The third kappa shape index (κ3) is 1.62. The lowest BCUT2D eigenvalue weighted by Gasteiger charge is -2.05. The van der Waals surface area contributed by atoms with Crippen LogP contribution in [-0.4, -0.2) is 32.9 Å². The number of nitrogens with zero attached hydrogens (tertiary/aromatic N) is 2. The van der Waals surface area contributed by atoms with Gasteiger partial charge in [0.05, 0.1) is 6.33 Å². The summed E-state index contributed by atoms with van der Waals surface area (Å²) in [5.41, 5.74) is 11.3. The Morgan fingerprint density at radius 2 is 2.38 bits per heavy atom. The van der Waals surface area contributed by atoms with Gasteiger partial charge in [0.25, 0.3) is 5.91 Å². The Morgan fingerprint density at radius 1 is 1.62 bits per heavy atom. The van der Waals surface area contributed by atoms with E-state index in [1.807, 2.05) is 0 Å². The molecule has 0 fully saturated rings. The van der Waals surface area contributed by atoms with Crippen molar-refractivity contribution in [2.24, 2.45) is 16.5 Å². The Hall–Kier alpha value is -2.31. The monoisotopic (exact) mass is 221 g/mol. The van der Waals surface area contributed by atoms with Gasteiger partial charge in [0, 0.05) is 18.3 Å². The number of rotatable bonds is 3. The molecule has 1 aliphatic heterocycles. The molecule has 1 aliphatic rings. The van der Waals surface area contributed by atoms with Crippen LogP contribution in [0.5, 0.6) is 0 Å². The van der Waals surface area contributed by atoms with E-state index in [1.165, 1.54) is 6.33 Å². The average Bonchev–Trinajstić information content (AvgIpc) is 2.76. The zero-order valence-corrected chi connectivity index (χ0v) is 8.34. The molecule has 0 saturated carbocycles. The smallest absolute Gasteiger partial charge is 0.255 e. The molecule has 0 aliphatic carbocycles. The molecule has 1 aromatic rings. The van der Waals surface area contributed by atoms with E-state index >= 15 is 0 Å². The van der Waals surface area contributed by atoms with Gasteiger partial charge >= 0.3 is 0 Å². The predicted molar refractivity (Wildman–Crippen MR) is 56.6 cm³/mol. The zero-order chi connectivity index (χ0) is 11.7. The Kier molecular flexibility index (Phi) is 2.35. The number of aliphatic hydroxyl groups excluding tert-OH is 1. The minimum Gasteiger partial charge on any atom is -0.509 e. The molecule has 0 saturated heterocycles. The van der Waals surface area contributed by atoms with Crippen LogP contribution in [-0.2, 0) is 11.2 Å². The number of primary amides is 1. The number of aromatic nitrogens is 2. The molecule has 1 atom stereocenters. The molecule has 7 nitrogen and oxygen atoms in total. The second-order valence-electron chi connectivity index (χ2n) is 3.44. The first-order chi connectivity index (χ1) is 7.59. The lowest BCUT2D eigenvalue weighted by atomic mass is 10.1. The molecule has 1 unspecified atom stereocenters. The molecule has 6 N–H and O–H groups in total. The summed E-state index contributed by atoms with van der Waals surface area (Å²) in [6.07, 6.45) is 3.53. The molecular formula is C9H11N5O2. The number of amidine groups is 1. The molecule has 2 heterocycles. The minimum absolute atomic E-state index is 0.0190. The summed E-state index contributed by atoms with van der Waals surface area (Å²) in [6, 6.07) is -0.567. The number of carbonyl (C=O) groups excluding carboxylic acids is 1. The van der Waals surface area contributed by atoms with Crippen LogP contribution in [0.4, 0.5) is 0 Å². The first-order valence-electron chi connectivity index (χ1n) is 4.63. The second kappa shape index (κ2) is 3.69. The lowest BCUT2D eigenvalue weighted by molar-refractivity contribution is -0.114. The van der Waals surface area contributed by atoms with Gasteiger partial charge in [0.15, 0.2) is 0 Å². The first kappa shape index (κ1) is 10.2. The van der Waals surface area contributed by atoms with Gasteiger partial charge in [0.1, 0.15) is 23.2 Å². The number of carbonyl (C=O) groups is 1. The number of hydrogen-bond acceptors (Lipinski definition) is 5. The molecule has 16 heavy (non-hydrogen) atoms. The third-order valence-electron chi connectivity index (χ3n) is 2.34. The number of nitrogens with two attached hydrogens (primary N) is 2. The summed E-state index contributed by atoms with van der Waals surface area (Å²) in [6.45, 7) is 0. The van der Waals surface area contributed by atoms with Crippen LogP contribution in [0.15, 0.2) is 28.8 Å². The van der Waals surface area contributed by atoms with Crippen molar-refractivity contribution in [3.63, 3.8) is 0 Å². The van der Waals surface area contributed by atoms with Crippen molar-refractivity contribution < 1.29 is 9.90 Å². The van der Waals surface area contributed by atoms with Crippen molar-refractivity contribution in [1.29, 1.82) is 0 Å². The topological polar surface area (TPSA) is 130 Å². The van der Waals surface area contributed by atoms with E-state index in [-0.39, 0.29) is 17.2 Å². The maximum atomic E-state index is 11.0. The van der Waals surface area contributed by atoms with Crippen molar-refractivity contribution in [2.45, 2.75) is 12.5 Å². The number of H-pyrrole nitrogens is 1. The molecular weight excluding hydrogens is 210 g/mol. The van der Waals surface area contributed by atoms with Gasteiger partial charge < -0.3 is 21.6 Å². The predicted octanol–water partition coefficient (Wildman–Crippen LogP) is -1.01.